The third-order valence-corrected chi connectivity index (χ3v) is 5.87. The Morgan fingerprint density at radius 3 is 2.53 bits per heavy atom. The van der Waals surface area contributed by atoms with Crippen molar-refractivity contribution < 1.29 is 34.2 Å². The number of carboxylic acids is 1. The molecule has 0 amide bonds. The predicted molar refractivity (Wildman–Crippen MR) is 126 cm³/mol. The van der Waals surface area contributed by atoms with E-state index in [4.69, 9.17) is 20.9 Å². The summed E-state index contributed by atoms with van der Waals surface area (Å²) in [4.78, 5) is 10.0. The topological polar surface area (TPSA) is 155 Å². The number of methoxy groups -OCH3 is 2. The molecule has 1 aromatic heterocycles. The van der Waals surface area contributed by atoms with Gasteiger partial charge in [-0.3, -0.25) is 0 Å². The highest BCUT2D eigenvalue weighted by Gasteiger charge is 2.26. The molecule has 1 aliphatic rings. The molecule has 0 bridgehead atoms. The monoisotopic (exact) mass is 469 g/mol. The second-order valence-electron chi connectivity index (χ2n) is 8.11. The molecule has 0 aliphatic carbocycles. The van der Waals surface area contributed by atoms with E-state index < -0.39 is 12.0 Å². The number of aryl methyl sites for hydroxylation is 2. The summed E-state index contributed by atoms with van der Waals surface area (Å²) in [5.41, 5.74) is 13.3. The Morgan fingerprint density at radius 2 is 1.88 bits per heavy atom. The number of ether oxygens (including phenoxy) is 2. The van der Waals surface area contributed by atoms with Gasteiger partial charge in [0.05, 0.1) is 31.1 Å². The lowest BCUT2D eigenvalue weighted by Gasteiger charge is -2.17. The molecule has 1 aliphatic heterocycles. The molecular formula is C25H31N3O6. The Bertz CT molecular complexity index is 1180. The van der Waals surface area contributed by atoms with Crippen LogP contribution in [0.5, 0.6) is 23.0 Å². The SMILES string of the molecule is COc1ccc2cc3[n+](cc2c1OC)CCc1cc(O)c(O)cc1-3.NCCCC[C@H](N)C(=O)[O-]. The number of nitrogens with zero attached hydrogens (tertiary/aromatic N) is 1. The van der Waals surface area contributed by atoms with Crippen LogP contribution in [-0.4, -0.2) is 43.0 Å². The number of carbonyl (C=O) groups excluding carboxylic acids is 1. The Balaban J connectivity index is 0.000000277. The molecule has 34 heavy (non-hydrogen) atoms. The van der Waals surface area contributed by atoms with Crippen molar-refractivity contribution in [1.82, 2.24) is 0 Å². The molecule has 9 nitrogen and oxygen atoms in total. The van der Waals surface area contributed by atoms with Crippen LogP contribution in [0.25, 0.3) is 22.0 Å². The first-order valence-electron chi connectivity index (χ1n) is 11.1. The van der Waals surface area contributed by atoms with Crippen LogP contribution in [0.15, 0.2) is 36.5 Å². The standard InChI is InChI=1S/C19H17NO4.C6H14N2O2/c1-23-18-4-3-11-7-15-13-9-17(22)16(21)8-12(13)5-6-20(15)10-14(11)19(18)24-2;7-4-2-1-3-5(8)6(9)10/h3-4,7-10,22H,5-6H2,1-2H3;5H,1-4,7-8H2,(H,9,10)/t;5-/m.0/s1. The second kappa shape index (κ2) is 11.0. The number of aromatic nitrogens is 1. The fourth-order valence-corrected chi connectivity index (χ4v) is 4.03. The number of nitrogens with two attached hydrogens (primary N) is 2. The van der Waals surface area contributed by atoms with E-state index in [1.165, 1.54) is 0 Å². The molecule has 2 aromatic carbocycles. The summed E-state index contributed by atoms with van der Waals surface area (Å²) in [6.07, 6.45) is 4.88. The predicted octanol–water partition coefficient (Wildman–Crippen LogP) is 0.971. The molecule has 1 atom stereocenters. The zero-order valence-electron chi connectivity index (χ0n) is 19.4. The normalized spacial score (nSPS) is 12.7. The number of aromatic hydroxyl groups is 2. The first kappa shape index (κ1) is 25.1. The second-order valence-corrected chi connectivity index (χ2v) is 8.11. The largest absolute Gasteiger partial charge is 0.548 e. The highest BCUT2D eigenvalue weighted by molar-refractivity contribution is 5.91. The number of pyridine rings is 1. The van der Waals surface area contributed by atoms with Gasteiger partial charge in [0.2, 0.25) is 5.69 Å². The minimum Gasteiger partial charge on any atom is -0.548 e. The molecule has 0 unspecified atom stereocenters. The molecule has 0 saturated heterocycles. The van der Waals surface area contributed by atoms with Gasteiger partial charge in [-0.1, -0.05) is 6.42 Å². The summed E-state index contributed by atoms with van der Waals surface area (Å²) in [5.74, 6) is 0.0509. The van der Waals surface area contributed by atoms with Gasteiger partial charge in [0.15, 0.2) is 35.7 Å². The quantitative estimate of drug-likeness (QED) is 0.227. The highest BCUT2D eigenvalue weighted by atomic mass is 16.5. The van der Waals surface area contributed by atoms with Gasteiger partial charge in [0, 0.05) is 18.5 Å². The maximum atomic E-state index is 10.0. The van der Waals surface area contributed by atoms with Crippen molar-refractivity contribution >= 4 is 16.7 Å². The van der Waals surface area contributed by atoms with Gasteiger partial charge in [-0.25, -0.2) is 0 Å². The van der Waals surface area contributed by atoms with Crippen molar-refractivity contribution in [2.75, 3.05) is 20.8 Å². The number of fused-ring (bicyclic) bond motifs is 4. The Kier molecular flexibility index (Phi) is 8.14. The van der Waals surface area contributed by atoms with Gasteiger partial charge in [0.25, 0.3) is 0 Å². The molecule has 0 radical (unpaired) electrons. The number of aliphatic carboxylic acids is 1. The van der Waals surface area contributed by atoms with Crippen molar-refractivity contribution in [2.24, 2.45) is 11.5 Å². The minimum absolute atomic E-state index is 0.0746. The number of hydrogen-bond donors (Lipinski definition) is 4. The van der Waals surface area contributed by atoms with Crippen LogP contribution in [0.3, 0.4) is 0 Å². The van der Waals surface area contributed by atoms with Crippen molar-refractivity contribution in [3.05, 3.63) is 42.1 Å². The number of rotatable bonds is 7. The molecule has 182 valence electrons. The summed E-state index contributed by atoms with van der Waals surface area (Å²) in [6.45, 7) is 1.38. The molecule has 3 aromatic rings. The smallest absolute Gasteiger partial charge is 0.213 e. The van der Waals surface area contributed by atoms with Crippen molar-refractivity contribution in [3.63, 3.8) is 0 Å². The van der Waals surface area contributed by atoms with Gasteiger partial charge in [0.1, 0.15) is 0 Å². The lowest BCUT2D eigenvalue weighted by molar-refractivity contribution is -0.686. The number of carbonyl (C=O) groups is 1. The van der Waals surface area contributed by atoms with E-state index in [1.54, 1.807) is 26.4 Å². The number of phenolic OH excluding ortho intramolecular Hbond substituents is 2. The van der Waals surface area contributed by atoms with Gasteiger partial charge >= 0.3 is 0 Å². The summed E-state index contributed by atoms with van der Waals surface area (Å²) < 4.78 is 13.1. The maximum Gasteiger partial charge on any atom is 0.213 e. The number of phenols is 2. The number of benzene rings is 2. The van der Waals surface area contributed by atoms with E-state index in [0.29, 0.717) is 24.5 Å². The van der Waals surface area contributed by atoms with E-state index in [0.717, 1.165) is 53.4 Å². The van der Waals surface area contributed by atoms with E-state index in [-0.39, 0.29) is 11.5 Å². The average molecular weight is 470 g/mol. The molecule has 6 N–H and O–H groups in total. The van der Waals surface area contributed by atoms with Crippen LogP contribution in [0, 0.1) is 0 Å². The lowest BCUT2D eigenvalue weighted by Crippen LogP contribution is -2.41. The summed E-state index contributed by atoms with van der Waals surface area (Å²) >= 11 is 0. The van der Waals surface area contributed by atoms with Gasteiger partial charge in [-0.05, 0) is 54.6 Å². The Morgan fingerprint density at radius 1 is 1.15 bits per heavy atom. The number of unbranched alkanes of at least 4 members (excludes halogenated alkanes) is 1. The third-order valence-electron chi connectivity index (χ3n) is 5.87. The molecule has 0 fully saturated rings. The third kappa shape index (κ3) is 5.32. The fourth-order valence-electron chi connectivity index (χ4n) is 4.03. The molecule has 9 heteroatoms. The van der Waals surface area contributed by atoms with E-state index in [2.05, 4.69) is 16.8 Å². The van der Waals surface area contributed by atoms with Crippen LogP contribution in [0.2, 0.25) is 0 Å². The van der Waals surface area contributed by atoms with Crippen LogP contribution in [-0.2, 0) is 17.8 Å². The maximum absolute atomic E-state index is 10.0. The van der Waals surface area contributed by atoms with Crippen LogP contribution >= 0.6 is 0 Å². The van der Waals surface area contributed by atoms with Crippen molar-refractivity contribution in [3.8, 4) is 34.3 Å². The first-order valence-corrected chi connectivity index (χ1v) is 11.1. The molecular weight excluding hydrogens is 438 g/mol. The molecule has 4 rings (SSSR count). The summed E-state index contributed by atoms with van der Waals surface area (Å²) in [7, 11) is 3.26. The first-order chi connectivity index (χ1) is 16.3. The summed E-state index contributed by atoms with van der Waals surface area (Å²) in [6, 6.07) is 8.40. The average Bonchev–Trinajstić information content (AvgIpc) is 2.83. The van der Waals surface area contributed by atoms with E-state index in [9.17, 15) is 20.1 Å². The zero-order chi connectivity index (χ0) is 24.8. The van der Waals surface area contributed by atoms with Crippen LogP contribution in [0.1, 0.15) is 24.8 Å². The van der Waals surface area contributed by atoms with Crippen molar-refractivity contribution in [1.29, 1.82) is 0 Å². The molecule has 0 saturated carbocycles. The molecule has 0 spiro atoms. The lowest BCUT2D eigenvalue weighted by atomic mass is 9.95. The Hall–Kier alpha value is -3.56. The fraction of sp³-hybridized carbons (Fsp3) is 0.360. The van der Waals surface area contributed by atoms with Gasteiger partial charge < -0.3 is 41.1 Å². The molecule has 2 heterocycles. The van der Waals surface area contributed by atoms with Crippen LogP contribution < -0.4 is 30.6 Å². The van der Waals surface area contributed by atoms with Crippen molar-refractivity contribution in [2.45, 2.75) is 38.3 Å². The van der Waals surface area contributed by atoms with Gasteiger partial charge in [-0.2, -0.15) is 4.57 Å². The highest BCUT2D eigenvalue weighted by Crippen LogP contribution is 2.39. The summed E-state index contributed by atoms with van der Waals surface area (Å²) in [5, 5.41) is 31.6. The van der Waals surface area contributed by atoms with E-state index in [1.807, 2.05) is 12.1 Å². The minimum atomic E-state index is -1.18. The van der Waals surface area contributed by atoms with E-state index >= 15 is 0 Å². The number of hydrogen-bond acceptors (Lipinski definition) is 8. The zero-order valence-corrected chi connectivity index (χ0v) is 19.4. The van der Waals surface area contributed by atoms with Crippen LogP contribution in [0.4, 0.5) is 0 Å². The Labute approximate surface area is 198 Å². The number of carboxylic acid groups (broad SMARTS) is 1. The van der Waals surface area contributed by atoms with Gasteiger partial charge in [-0.15, -0.1) is 0 Å².